The SMILES string of the molecule is C[Si]1(C)CCc2ccnc(c2)-c2cc(ccn2)CC[Si](C)(C)CCc2ccnc(c2)-c2cc(ccn2)CC1. The van der Waals surface area contributed by atoms with Gasteiger partial charge in [-0.15, -0.1) is 0 Å². The first-order valence-corrected chi connectivity index (χ1v) is 20.9. The Kier molecular flexibility index (Phi) is 8.00. The average Bonchev–Trinajstić information content (AvgIpc) is 2.93. The van der Waals surface area contributed by atoms with E-state index < -0.39 is 16.1 Å². The number of aromatic nitrogens is 4. The molecule has 1 aliphatic rings. The Bertz CT molecular complexity index is 1190. The fourth-order valence-corrected chi connectivity index (χ4v) is 9.62. The monoisotopic (exact) mass is 536 g/mol. The number of fused-ring (bicyclic) bond motifs is 10. The van der Waals surface area contributed by atoms with Crippen molar-refractivity contribution in [3.05, 3.63) is 95.6 Å². The third kappa shape index (κ3) is 7.11. The zero-order chi connectivity index (χ0) is 26.6. The second-order valence-electron chi connectivity index (χ2n) is 12.5. The van der Waals surface area contributed by atoms with Crippen LogP contribution in [-0.4, -0.2) is 36.1 Å². The van der Waals surface area contributed by atoms with Crippen LogP contribution in [0.1, 0.15) is 22.3 Å². The standard InChI is InChI=1S/C32H40N4Si2/c1-37(2)17-9-25-5-13-33-29(21-25)31-23-27(7-15-35-31)11-19-38(3,4)20-12-28-8-16-36-32(24-28)30-22-26(10-18-37)6-14-34-30/h5-8,13-16,21-24H,9-12,17-20H2,1-4H3. The molecule has 0 fully saturated rings. The minimum atomic E-state index is -1.37. The van der Waals surface area contributed by atoms with Gasteiger partial charge in [-0.3, -0.25) is 19.9 Å². The number of nitrogens with zero attached hydrogens (tertiary/aromatic N) is 4. The van der Waals surface area contributed by atoms with E-state index in [0.717, 1.165) is 48.5 Å². The molecule has 0 radical (unpaired) electrons. The second-order valence-corrected chi connectivity index (χ2v) is 23.2. The normalized spacial score (nSPS) is 17.6. The first-order valence-electron chi connectivity index (χ1n) is 14.1. The molecule has 4 aromatic heterocycles. The van der Waals surface area contributed by atoms with Crippen LogP contribution < -0.4 is 0 Å². The van der Waals surface area contributed by atoms with Crippen LogP contribution in [0.25, 0.3) is 22.8 Å². The lowest BCUT2D eigenvalue weighted by Gasteiger charge is -2.23. The van der Waals surface area contributed by atoms with E-state index in [-0.39, 0.29) is 0 Å². The number of hydrogen-bond donors (Lipinski definition) is 0. The molecule has 0 aromatic carbocycles. The Labute approximate surface area is 230 Å². The molecule has 0 atom stereocenters. The van der Waals surface area contributed by atoms with E-state index in [2.05, 4.69) is 74.7 Å². The summed E-state index contributed by atoms with van der Waals surface area (Å²) in [5.74, 6) is 0. The van der Waals surface area contributed by atoms with Crippen LogP contribution in [0.3, 0.4) is 0 Å². The highest BCUT2D eigenvalue weighted by atomic mass is 28.3. The molecule has 4 nitrogen and oxygen atoms in total. The van der Waals surface area contributed by atoms with E-state index in [1.165, 1.54) is 46.4 Å². The van der Waals surface area contributed by atoms with Gasteiger partial charge in [0.2, 0.25) is 0 Å². The van der Waals surface area contributed by atoms with Gasteiger partial charge in [0, 0.05) is 40.9 Å². The summed E-state index contributed by atoms with van der Waals surface area (Å²) in [6, 6.07) is 22.8. The van der Waals surface area contributed by atoms with E-state index >= 15 is 0 Å². The van der Waals surface area contributed by atoms with Crippen LogP contribution in [-0.2, 0) is 25.7 Å². The van der Waals surface area contributed by atoms with Gasteiger partial charge in [-0.2, -0.15) is 0 Å². The van der Waals surface area contributed by atoms with Gasteiger partial charge in [-0.1, -0.05) is 50.4 Å². The van der Waals surface area contributed by atoms with Crippen LogP contribution in [0.4, 0.5) is 0 Å². The molecule has 8 bridgehead atoms. The summed E-state index contributed by atoms with van der Waals surface area (Å²) < 4.78 is 0. The van der Waals surface area contributed by atoms with E-state index in [1.54, 1.807) is 0 Å². The third-order valence-corrected chi connectivity index (χ3v) is 14.6. The van der Waals surface area contributed by atoms with Gasteiger partial charge in [0.05, 0.1) is 22.8 Å². The molecule has 196 valence electrons. The Balaban J connectivity index is 1.45. The molecule has 0 unspecified atom stereocenters. The third-order valence-electron chi connectivity index (χ3n) is 8.18. The van der Waals surface area contributed by atoms with Gasteiger partial charge in [0.25, 0.3) is 0 Å². The van der Waals surface area contributed by atoms with E-state index in [0.29, 0.717) is 0 Å². The summed E-state index contributed by atoms with van der Waals surface area (Å²) >= 11 is 0. The van der Waals surface area contributed by atoms with Gasteiger partial charge in [-0.05, 0) is 96.5 Å². The Morgan fingerprint density at radius 3 is 0.895 bits per heavy atom. The van der Waals surface area contributed by atoms with Gasteiger partial charge in [-0.25, -0.2) is 0 Å². The Morgan fingerprint density at radius 2 is 0.658 bits per heavy atom. The van der Waals surface area contributed by atoms with Crippen LogP contribution in [0, 0.1) is 0 Å². The molecule has 0 saturated carbocycles. The highest BCUT2D eigenvalue weighted by Gasteiger charge is 2.22. The van der Waals surface area contributed by atoms with Gasteiger partial charge < -0.3 is 0 Å². The summed E-state index contributed by atoms with van der Waals surface area (Å²) in [4.78, 5) is 18.8. The highest BCUT2D eigenvalue weighted by molar-refractivity contribution is 6.77. The largest absolute Gasteiger partial charge is 0.255 e. The van der Waals surface area contributed by atoms with Gasteiger partial charge in [0.1, 0.15) is 0 Å². The van der Waals surface area contributed by atoms with Crippen molar-refractivity contribution in [1.29, 1.82) is 0 Å². The molecule has 5 rings (SSSR count). The van der Waals surface area contributed by atoms with E-state index in [4.69, 9.17) is 19.9 Å². The van der Waals surface area contributed by atoms with E-state index in [1.807, 2.05) is 24.8 Å². The molecular formula is C32H40N4Si2. The lowest BCUT2D eigenvalue weighted by Crippen LogP contribution is -2.26. The average molecular weight is 537 g/mol. The van der Waals surface area contributed by atoms with Crippen molar-refractivity contribution < 1.29 is 0 Å². The maximum absolute atomic E-state index is 4.69. The van der Waals surface area contributed by atoms with Crippen LogP contribution >= 0.6 is 0 Å². The van der Waals surface area contributed by atoms with Crippen LogP contribution in [0.5, 0.6) is 0 Å². The molecule has 38 heavy (non-hydrogen) atoms. The molecule has 1 aliphatic heterocycles. The van der Waals surface area contributed by atoms with Crippen molar-refractivity contribution in [3.63, 3.8) is 0 Å². The fraction of sp³-hybridized carbons (Fsp3) is 0.375. The minimum Gasteiger partial charge on any atom is -0.255 e. The molecule has 0 aliphatic carbocycles. The number of pyridine rings is 4. The zero-order valence-corrected chi connectivity index (χ0v) is 25.4. The Morgan fingerprint density at radius 1 is 0.421 bits per heavy atom. The second kappa shape index (κ2) is 11.4. The Hall–Kier alpha value is -2.97. The maximum atomic E-state index is 4.69. The van der Waals surface area contributed by atoms with Crippen molar-refractivity contribution in [2.75, 3.05) is 0 Å². The number of hydrogen-bond acceptors (Lipinski definition) is 4. The van der Waals surface area contributed by atoms with Crippen molar-refractivity contribution in [2.45, 2.75) is 76.0 Å². The summed E-state index contributed by atoms with van der Waals surface area (Å²) in [7, 11) is -2.74. The summed E-state index contributed by atoms with van der Waals surface area (Å²) in [6.07, 6.45) is 12.3. The molecule has 0 amide bonds. The van der Waals surface area contributed by atoms with Crippen molar-refractivity contribution in [1.82, 2.24) is 19.9 Å². The predicted octanol–water partition coefficient (Wildman–Crippen LogP) is 7.90. The van der Waals surface area contributed by atoms with Gasteiger partial charge in [0.15, 0.2) is 0 Å². The molecule has 5 heterocycles. The molecular weight excluding hydrogens is 497 g/mol. The first-order chi connectivity index (χ1) is 18.2. The fourth-order valence-electron chi connectivity index (χ4n) is 5.26. The molecule has 6 heteroatoms. The van der Waals surface area contributed by atoms with Crippen LogP contribution in [0.15, 0.2) is 73.3 Å². The molecule has 0 spiro atoms. The van der Waals surface area contributed by atoms with E-state index in [9.17, 15) is 0 Å². The van der Waals surface area contributed by atoms with Crippen molar-refractivity contribution in [3.8, 4) is 22.8 Å². The van der Waals surface area contributed by atoms with Crippen LogP contribution in [0.2, 0.25) is 50.4 Å². The minimum absolute atomic E-state index is 1.00. The molecule has 4 aromatic rings. The summed E-state index contributed by atoms with van der Waals surface area (Å²) in [5, 5.41) is 0. The lowest BCUT2D eigenvalue weighted by atomic mass is 10.1. The highest BCUT2D eigenvalue weighted by Crippen LogP contribution is 2.27. The topological polar surface area (TPSA) is 51.6 Å². The summed E-state index contributed by atoms with van der Waals surface area (Å²) in [6.45, 7) is 10.1. The predicted molar refractivity (Wildman–Crippen MR) is 164 cm³/mol. The summed E-state index contributed by atoms with van der Waals surface area (Å²) in [5.41, 5.74) is 9.48. The molecule has 0 saturated heterocycles. The maximum Gasteiger partial charge on any atom is 0.0888 e. The van der Waals surface area contributed by atoms with Gasteiger partial charge >= 0.3 is 0 Å². The lowest BCUT2D eigenvalue weighted by molar-refractivity contribution is 1.01. The van der Waals surface area contributed by atoms with Crippen molar-refractivity contribution >= 4 is 16.1 Å². The molecule has 0 N–H and O–H groups in total. The quantitative estimate of drug-likeness (QED) is 0.214. The zero-order valence-electron chi connectivity index (χ0n) is 23.4. The number of rotatable bonds is 0. The van der Waals surface area contributed by atoms with Crippen molar-refractivity contribution in [2.24, 2.45) is 0 Å². The number of aryl methyl sites for hydroxylation is 4. The smallest absolute Gasteiger partial charge is 0.0888 e. The first kappa shape index (κ1) is 26.6.